The molecule has 4 heterocycles. The highest BCUT2D eigenvalue weighted by atomic mass is 32.1. The zero-order valence-corrected chi connectivity index (χ0v) is 16.2. The lowest BCUT2D eigenvalue weighted by molar-refractivity contribution is 0.688. The number of aromatic nitrogens is 4. The fourth-order valence-electron chi connectivity index (χ4n) is 4.07. The van der Waals surface area contributed by atoms with E-state index in [9.17, 15) is 4.79 Å². The average Bonchev–Trinajstić information content (AvgIpc) is 3.44. The molecule has 0 bridgehead atoms. The minimum absolute atomic E-state index is 0.0518. The van der Waals surface area contributed by atoms with Gasteiger partial charge in [0.05, 0.1) is 10.9 Å². The molecule has 6 rings (SSSR count). The number of nitrogens with zero attached hydrogens (tertiary/aromatic N) is 4. The molecule has 0 radical (unpaired) electrons. The monoisotopic (exact) mass is 396 g/mol. The van der Waals surface area contributed by atoms with Gasteiger partial charge < -0.3 is 4.57 Å². The van der Waals surface area contributed by atoms with Crippen LogP contribution >= 0.6 is 11.3 Å². The van der Waals surface area contributed by atoms with Gasteiger partial charge in [0.2, 0.25) is 0 Å². The zero-order chi connectivity index (χ0) is 19.4. The second kappa shape index (κ2) is 6.32. The van der Waals surface area contributed by atoms with Gasteiger partial charge in [0.15, 0.2) is 0 Å². The quantitative estimate of drug-likeness (QED) is 0.440. The van der Waals surface area contributed by atoms with Crippen LogP contribution in [0.25, 0.3) is 32.1 Å². The van der Waals surface area contributed by atoms with E-state index in [1.165, 1.54) is 6.33 Å². The Morgan fingerprint density at radius 3 is 2.79 bits per heavy atom. The first-order valence-electron chi connectivity index (χ1n) is 9.53. The standard InChI is InChI=1S/C23H16N4OS/c28-23-22-17(15-10-24-13-25-11-15)12-29-21(22)7-8-27(23)20-9-16(20)19-6-5-14-3-1-2-4-18(14)26-19/h1-8,10-13,16,20H,9H2. The Morgan fingerprint density at radius 2 is 1.90 bits per heavy atom. The van der Waals surface area contributed by atoms with Crippen LogP contribution in [0.5, 0.6) is 0 Å². The highest BCUT2D eigenvalue weighted by molar-refractivity contribution is 7.17. The van der Waals surface area contributed by atoms with E-state index in [1.54, 1.807) is 23.7 Å². The van der Waals surface area contributed by atoms with Crippen molar-refractivity contribution in [1.29, 1.82) is 0 Å². The van der Waals surface area contributed by atoms with Crippen molar-refractivity contribution in [3.63, 3.8) is 0 Å². The van der Waals surface area contributed by atoms with Gasteiger partial charge in [-0.05, 0) is 24.6 Å². The number of thiophene rings is 1. The molecule has 5 nitrogen and oxygen atoms in total. The summed E-state index contributed by atoms with van der Waals surface area (Å²) in [5, 5.41) is 3.91. The Kier molecular flexibility index (Phi) is 3.61. The molecule has 1 aliphatic carbocycles. The summed E-state index contributed by atoms with van der Waals surface area (Å²) in [6.45, 7) is 0. The third-order valence-corrected chi connectivity index (χ3v) is 6.59. The summed E-state index contributed by atoms with van der Waals surface area (Å²) in [6, 6.07) is 14.5. The van der Waals surface area contributed by atoms with Crippen LogP contribution in [0.4, 0.5) is 0 Å². The highest BCUT2D eigenvalue weighted by Gasteiger charge is 2.41. The summed E-state index contributed by atoms with van der Waals surface area (Å²) in [5.41, 5.74) is 3.89. The molecular formula is C23H16N4OS. The van der Waals surface area contributed by atoms with Gasteiger partial charge in [0.1, 0.15) is 6.33 Å². The normalized spacial score (nSPS) is 18.3. The molecule has 5 aromatic rings. The van der Waals surface area contributed by atoms with E-state index < -0.39 is 0 Å². The fraction of sp³-hybridized carbons (Fsp3) is 0.130. The Bertz CT molecular complexity index is 1420. The maximum absolute atomic E-state index is 13.4. The predicted octanol–water partition coefficient (Wildman–Crippen LogP) is 4.80. The van der Waals surface area contributed by atoms with Gasteiger partial charge in [-0.2, -0.15) is 0 Å². The molecular weight excluding hydrogens is 380 g/mol. The Balaban J connectivity index is 1.41. The molecule has 29 heavy (non-hydrogen) atoms. The number of rotatable bonds is 3. The number of para-hydroxylation sites is 1. The van der Waals surface area contributed by atoms with E-state index in [-0.39, 0.29) is 17.5 Å². The van der Waals surface area contributed by atoms with Crippen molar-refractivity contribution in [1.82, 2.24) is 19.5 Å². The van der Waals surface area contributed by atoms with E-state index in [0.717, 1.165) is 44.2 Å². The number of hydrogen-bond acceptors (Lipinski definition) is 5. The summed E-state index contributed by atoms with van der Waals surface area (Å²) in [5.74, 6) is 0.275. The Labute approximate surface area is 170 Å². The zero-order valence-electron chi connectivity index (χ0n) is 15.4. The maximum Gasteiger partial charge on any atom is 0.260 e. The van der Waals surface area contributed by atoms with Gasteiger partial charge in [-0.15, -0.1) is 11.3 Å². The van der Waals surface area contributed by atoms with Crippen molar-refractivity contribution in [2.75, 3.05) is 0 Å². The van der Waals surface area contributed by atoms with Gasteiger partial charge in [0, 0.05) is 62.8 Å². The number of pyridine rings is 2. The number of hydrogen-bond donors (Lipinski definition) is 0. The molecule has 2 unspecified atom stereocenters. The molecule has 0 saturated heterocycles. The molecule has 0 aliphatic heterocycles. The van der Waals surface area contributed by atoms with Gasteiger partial charge in [-0.25, -0.2) is 9.97 Å². The van der Waals surface area contributed by atoms with Crippen LogP contribution in [-0.4, -0.2) is 19.5 Å². The van der Waals surface area contributed by atoms with Gasteiger partial charge in [-0.1, -0.05) is 24.3 Å². The smallest absolute Gasteiger partial charge is 0.260 e. The molecule has 1 fully saturated rings. The Morgan fingerprint density at radius 1 is 1.03 bits per heavy atom. The molecule has 0 spiro atoms. The number of benzene rings is 1. The molecule has 2 atom stereocenters. The van der Waals surface area contributed by atoms with Gasteiger partial charge >= 0.3 is 0 Å². The lowest BCUT2D eigenvalue weighted by atomic mass is 10.1. The van der Waals surface area contributed by atoms with Crippen LogP contribution in [0, 0.1) is 0 Å². The minimum atomic E-state index is 0.0518. The van der Waals surface area contributed by atoms with Gasteiger partial charge in [0.25, 0.3) is 5.56 Å². The van der Waals surface area contributed by atoms with Crippen LogP contribution < -0.4 is 5.56 Å². The Hall–Kier alpha value is -3.38. The first kappa shape index (κ1) is 16.6. The van der Waals surface area contributed by atoms with Gasteiger partial charge in [-0.3, -0.25) is 9.78 Å². The second-order valence-electron chi connectivity index (χ2n) is 7.38. The van der Waals surface area contributed by atoms with Crippen molar-refractivity contribution in [2.24, 2.45) is 0 Å². The summed E-state index contributed by atoms with van der Waals surface area (Å²) >= 11 is 1.58. The molecule has 4 aromatic heterocycles. The summed E-state index contributed by atoms with van der Waals surface area (Å²) in [4.78, 5) is 26.4. The summed E-state index contributed by atoms with van der Waals surface area (Å²) in [6.07, 6.45) is 7.87. The SMILES string of the molecule is O=c1c2c(-c3cncnc3)csc2ccn1C1CC1c1ccc2ccccc2n1. The molecule has 140 valence electrons. The predicted molar refractivity (Wildman–Crippen MR) is 115 cm³/mol. The van der Waals surface area contributed by atoms with Crippen molar-refractivity contribution in [2.45, 2.75) is 18.4 Å². The van der Waals surface area contributed by atoms with Crippen LogP contribution in [-0.2, 0) is 0 Å². The topological polar surface area (TPSA) is 60.7 Å². The van der Waals surface area contributed by atoms with Crippen molar-refractivity contribution >= 4 is 32.3 Å². The van der Waals surface area contributed by atoms with Crippen molar-refractivity contribution < 1.29 is 0 Å². The second-order valence-corrected chi connectivity index (χ2v) is 8.29. The van der Waals surface area contributed by atoms with E-state index in [4.69, 9.17) is 4.98 Å². The largest absolute Gasteiger partial charge is 0.311 e. The van der Waals surface area contributed by atoms with E-state index in [1.807, 2.05) is 40.4 Å². The minimum Gasteiger partial charge on any atom is -0.311 e. The fourth-order valence-corrected chi connectivity index (χ4v) is 5.02. The first-order valence-corrected chi connectivity index (χ1v) is 10.4. The van der Waals surface area contributed by atoms with Crippen LogP contribution in [0.15, 0.2) is 77.6 Å². The molecule has 1 saturated carbocycles. The average molecular weight is 396 g/mol. The van der Waals surface area contributed by atoms with Crippen LogP contribution in [0.1, 0.15) is 24.1 Å². The van der Waals surface area contributed by atoms with Crippen LogP contribution in [0.2, 0.25) is 0 Å². The summed E-state index contributed by atoms with van der Waals surface area (Å²) < 4.78 is 2.87. The summed E-state index contributed by atoms with van der Waals surface area (Å²) in [7, 11) is 0. The molecule has 0 amide bonds. The van der Waals surface area contributed by atoms with Crippen molar-refractivity contribution in [3.05, 3.63) is 88.8 Å². The maximum atomic E-state index is 13.4. The molecule has 1 aromatic carbocycles. The molecule has 0 N–H and O–H groups in total. The lowest BCUT2D eigenvalue weighted by Crippen LogP contribution is -2.18. The highest BCUT2D eigenvalue weighted by Crippen LogP contribution is 2.50. The van der Waals surface area contributed by atoms with Crippen LogP contribution in [0.3, 0.4) is 0 Å². The van der Waals surface area contributed by atoms with E-state index >= 15 is 0 Å². The first-order chi connectivity index (χ1) is 14.3. The third kappa shape index (κ3) is 2.68. The molecule has 6 heteroatoms. The van der Waals surface area contributed by atoms with E-state index in [2.05, 4.69) is 28.2 Å². The molecule has 1 aliphatic rings. The number of fused-ring (bicyclic) bond motifs is 2. The lowest BCUT2D eigenvalue weighted by Gasteiger charge is -2.07. The van der Waals surface area contributed by atoms with Crippen molar-refractivity contribution in [3.8, 4) is 11.1 Å². The van der Waals surface area contributed by atoms with E-state index in [0.29, 0.717) is 0 Å². The third-order valence-electron chi connectivity index (χ3n) is 5.64.